The number of anilines is 1. The Morgan fingerprint density at radius 3 is 3.00 bits per heavy atom. The fraction of sp³-hybridized carbons (Fsp3) is 0.333. The average molecular weight is 138 g/mol. The number of aromatic nitrogens is 2. The standard InChI is InChI=1S/C6H10N4/c1-8-6-5(2-7)3-9-4-10-6/h3-4H,2,7H2,1H3,(H,8,9,10). The van der Waals surface area contributed by atoms with E-state index >= 15 is 0 Å². The van der Waals surface area contributed by atoms with E-state index in [1.807, 2.05) is 7.05 Å². The summed E-state index contributed by atoms with van der Waals surface area (Å²) >= 11 is 0. The molecule has 0 aliphatic heterocycles. The fourth-order valence-corrected chi connectivity index (χ4v) is 0.733. The van der Waals surface area contributed by atoms with Crippen LogP contribution >= 0.6 is 0 Å². The molecule has 1 aromatic rings. The molecule has 0 fully saturated rings. The second-order valence-electron chi connectivity index (χ2n) is 1.85. The minimum Gasteiger partial charge on any atom is -0.373 e. The molecule has 0 atom stereocenters. The summed E-state index contributed by atoms with van der Waals surface area (Å²) in [5.74, 6) is 0.803. The Kier molecular flexibility index (Phi) is 2.17. The Bertz CT molecular complexity index is 188. The van der Waals surface area contributed by atoms with Crippen LogP contribution in [0.2, 0.25) is 0 Å². The third kappa shape index (κ3) is 1.22. The van der Waals surface area contributed by atoms with Crippen molar-refractivity contribution in [2.45, 2.75) is 6.54 Å². The van der Waals surface area contributed by atoms with Crippen LogP contribution in [0.25, 0.3) is 0 Å². The predicted octanol–water partition coefficient (Wildman–Crippen LogP) is -0.0230. The van der Waals surface area contributed by atoms with E-state index in [2.05, 4.69) is 15.3 Å². The van der Waals surface area contributed by atoms with Crippen molar-refractivity contribution >= 4 is 5.82 Å². The molecule has 0 saturated carbocycles. The van der Waals surface area contributed by atoms with Crippen LogP contribution in [-0.2, 0) is 6.54 Å². The largest absolute Gasteiger partial charge is 0.373 e. The first-order valence-electron chi connectivity index (χ1n) is 3.05. The van der Waals surface area contributed by atoms with Crippen LogP contribution in [0.15, 0.2) is 12.5 Å². The Morgan fingerprint density at radius 1 is 1.70 bits per heavy atom. The lowest BCUT2D eigenvalue weighted by atomic mass is 10.3. The monoisotopic (exact) mass is 138 g/mol. The highest BCUT2D eigenvalue weighted by atomic mass is 15.0. The number of rotatable bonds is 2. The van der Waals surface area contributed by atoms with Gasteiger partial charge >= 0.3 is 0 Å². The summed E-state index contributed by atoms with van der Waals surface area (Å²) in [5.41, 5.74) is 6.34. The van der Waals surface area contributed by atoms with Crippen molar-refractivity contribution in [1.29, 1.82) is 0 Å². The molecule has 0 spiro atoms. The van der Waals surface area contributed by atoms with Gasteiger partial charge < -0.3 is 11.1 Å². The van der Waals surface area contributed by atoms with Gasteiger partial charge in [0, 0.05) is 25.4 Å². The predicted molar refractivity (Wildman–Crippen MR) is 39.5 cm³/mol. The van der Waals surface area contributed by atoms with Crippen LogP contribution in [0.1, 0.15) is 5.56 Å². The Labute approximate surface area is 59.5 Å². The Morgan fingerprint density at radius 2 is 2.50 bits per heavy atom. The van der Waals surface area contributed by atoms with Crippen LogP contribution in [0.4, 0.5) is 5.82 Å². The van der Waals surface area contributed by atoms with Crippen LogP contribution in [0.3, 0.4) is 0 Å². The van der Waals surface area contributed by atoms with Crippen molar-refractivity contribution in [3.8, 4) is 0 Å². The van der Waals surface area contributed by atoms with Gasteiger partial charge in [0.2, 0.25) is 0 Å². The molecule has 10 heavy (non-hydrogen) atoms. The summed E-state index contributed by atoms with van der Waals surface area (Å²) in [7, 11) is 1.81. The molecule has 3 N–H and O–H groups in total. The molecule has 1 rings (SSSR count). The van der Waals surface area contributed by atoms with Crippen LogP contribution in [-0.4, -0.2) is 17.0 Å². The maximum absolute atomic E-state index is 5.41. The van der Waals surface area contributed by atoms with Crippen molar-refractivity contribution in [3.63, 3.8) is 0 Å². The molecule has 1 heterocycles. The highest BCUT2D eigenvalue weighted by Gasteiger charge is 1.96. The van der Waals surface area contributed by atoms with Gasteiger partial charge in [0.05, 0.1) is 0 Å². The van der Waals surface area contributed by atoms with Crippen LogP contribution in [0.5, 0.6) is 0 Å². The third-order valence-electron chi connectivity index (χ3n) is 1.24. The van der Waals surface area contributed by atoms with E-state index < -0.39 is 0 Å². The maximum atomic E-state index is 5.41. The van der Waals surface area contributed by atoms with Crippen molar-refractivity contribution in [2.24, 2.45) is 5.73 Å². The minimum absolute atomic E-state index is 0.469. The first kappa shape index (κ1) is 6.95. The van der Waals surface area contributed by atoms with Crippen molar-refractivity contribution in [3.05, 3.63) is 18.1 Å². The van der Waals surface area contributed by atoms with E-state index in [4.69, 9.17) is 5.73 Å². The number of nitrogens with one attached hydrogen (secondary N) is 1. The number of hydrogen-bond acceptors (Lipinski definition) is 4. The van der Waals surface area contributed by atoms with Crippen molar-refractivity contribution in [2.75, 3.05) is 12.4 Å². The third-order valence-corrected chi connectivity index (χ3v) is 1.24. The second-order valence-corrected chi connectivity index (χ2v) is 1.85. The fourth-order valence-electron chi connectivity index (χ4n) is 0.733. The van der Waals surface area contributed by atoms with E-state index in [-0.39, 0.29) is 0 Å². The summed E-state index contributed by atoms with van der Waals surface area (Å²) < 4.78 is 0. The Balaban J connectivity index is 2.96. The van der Waals surface area contributed by atoms with Gasteiger partial charge in [-0.25, -0.2) is 9.97 Å². The van der Waals surface area contributed by atoms with Crippen LogP contribution < -0.4 is 11.1 Å². The summed E-state index contributed by atoms with van der Waals surface area (Å²) in [5, 5.41) is 2.92. The van der Waals surface area contributed by atoms with E-state index in [0.717, 1.165) is 11.4 Å². The zero-order valence-corrected chi connectivity index (χ0v) is 5.83. The molecule has 0 bridgehead atoms. The molecular formula is C6H10N4. The molecular weight excluding hydrogens is 128 g/mol. The summed E-state index contributed by atoms with van der Waals surface area (Å²) in [6.07, 6.45) is 3.20. The molecule has 0 unspecified atom stereocenters. The maximum Gasteiger partial charge on any atom is 0.133 e. The van der Waals surface area contributed by atoms with Crippen molar-refractivity contribution < 1.29 is 0 Å². The zero-order valence-electron chi connectivity index (χ0n) is 5.83. The highest BCUT2D eigenvalue weighted by molar-refractivity contribution is 5.40. The van der Waals surface area contributed by atoms with Gasteiger partial charge in [-0.3, -0.25) is 0 Å². The number of nitrogens with two attached hydrogens (primary N) is 1. The first-order chi connectivity index (χ1) is 4.88. The SMILES string of the molecule is CNc1ncncc1CN. The molecule has 54 valence electrons. The quantitative estimate of drug-likeness (QED) is 0.602. The van der Waals surface area contributed by atoms with Gasteiger partial charge in [0.25, 0.3) is 0 Å². The smallest absolute Gasteiger partial charge is 0.133 e. The minimum atomic E-state index is 0.469. The molecule has 0 radical (unpaired) electrons. The van der Waals surface area contributed by atoms with Crippen molar-refractivity contribution in [1.82, 2.24) is 9.97 Å². The van der Waals surface area contributed by atoms with Crippen LogP contribution in [0, 0.1) is 0 Å². The van der Waals surface area contributed by atoms with Gasteiger partial charge in [-0.2, -0.15) is 0 Å². The number of nitrogens with zero attached hydrogens (tertiary/aromatic N) is 2. The summed E-state index contributed by atoms with van der Waals surface area (Å²) in [4.78, 5) is 7.80. The lowest BCUT2D eigenvalue weighted by Crippen LogP contribution is -2.03. The second kappa shape index (κ2) is 3.12. The van der Waals surface area contributed by atoms with E-state index in [9.17, 15) is 0 Å². The molecule has 0 amide bonds. The molecule has 0 saturated heterocycles. The lowest BCUT2D eigenvalue weighted by molar-refractivity contribution is 1.01. The molecule has 4 nitrogen and oxygen atoms in total. The molecule has 0 aromatic carbocycles. The van der Waals surface area contributed by atoms with Gasteiger partial charge in [0.1, 0.15) is 12.1 Å². The molecule has 1 aromatic heterocycles. The normalized spacial score (nSPS) is 9.40. The average Bonchev–Trinajstić information content (AvgIpc) is 2.04. The van der Waals surface area contributed by atoms with E-state index in [0.29, 0.717) is 6.54 Å². The first-order valence-corrected chi connectivity index (χ1v) is 3.05. The Hall–Kier alpha value is -1.16. The highest BCUT2D eigenvalue weighted by Crippen LogP contribution is 2.06. The van der Waals surface area contributed by atoms with Gasteiger partial charge in [-0.05, 0) is 0 Å². The molecule has 0 aliphatic carbocycles. The van der Waals surface area contributed by atoms with E-state index in [1.54, 1.807) is 6.20 Å². The lowest BCUT2D eigenvalue weighted by Gasteiger charge is -2.02. The zero-order chi connectivity index (χ0) is 7.40. The topological polar surface area (TPSA) is 63.8 Å². The summed E-state index contributed by atoms with van der Waals surface area (Å²) in [6.45, 7) is 0.469. The molecule has 4 heteroatoms. The summed E-state index contributed by atoms with van der Waals surface area (Å²) in [6, 6.07) is 0. The molecule has 0 aliphatic rings. The van der Waals surface area contributed by atoms with Gasteiger partial charge in [-0.1, -0.05) is 0 Å². The van der Waals surface area contributed by atoms with E-state index in [1.165, 1.54) is 6.33 Å². The number of hydrogen-bond donors (Lipinski definition) is 2. The van der Waals surface area contributed by atoms with Gasteiger partial charge in [0.15, 0.2) is 0 Å². The van der Waals surface area contributed by atoms with Gasteiger partial charge in [-0.15, -0.1) is 0 Å².